The van der Waals surface area contributed by atoms with Crippen LogP contribution in [0.15, 0.2) is 36.5 Å². The lowest BCUT2D eigenvalue weighted by molar-refractivity contribution is 0.465. The van der Waals surface area contributed by atoms with Crippen molar-refractivity contribution in [3.05, 3.63) is 53.6 Å². The summed E-state index contributed by atoms with van der Waals surface area (Å²) in [6.45, 7) is 2.32. The lowest BCUT2D eigenvalue weighted by Crippen LogP contribution is -2.00. The molecule has 1 aromatic heterocycles. The average Bonchev–Trinajstić information content (AvgIpc) is 2.33. The molecule has 4 heteroatoms. The normalized spacial score (nSPS) is 10.2. The van der Waals surface area contributed by atoms with Crippen LogP contribution in [0.25, 0.3) is 0 Å². The molecule has 88 valence electrons. The van der Waals surface area contributed by atoms with Crippen LogP contribution in [0, 0.1) is 12.9 Å². The summed E-state index contributed by atoms with van der Waals surface area (Å²) in [5, 5.41) is 12.9. The Labute approximate surface area is 98.9 Å². The van der Waals surface area contributed by atoms with E-state index in [1.165, 1.54) is 12.3 Å². The Kier molecular flexibility index (Phi) is 3.23. The van der Waals surface area contributed by atoms with E-state index in [4.69, 9.17) is 0 Å². The van der Waals surface area contributed by atoms with Gasteiger partial charge in [-0.25, -0.2) is 4.98 Å². The van der Waals surface area contributed by atoms with Crippen molar-refractivity contribution in [2.45, 2.75) is 13.5 Å². The smallest absolute Gasteiger partial charge is 0.212 e. The molecule has 0 unspecified atom stereocenters. The van der Waals surface area contributed by atoms with Crippen molar-refractivity contribution in [2.24, 2.45) is 0 Å². The molecule has 1 heterocycles. The quantitative estimate of drug-likeness (QED) is 0.800. The van der Waals surface area contributed by atoms with Crippen molar-refractivity contribution < 1.29 is 9.50 Å². The molecular formula is C13H13FN2O. The van der Waals surface area contributed by atoms with E-state index in [0.29, 0.717) is 12.2 Å². The Morgan fingerprint density at radius 2 is 2.12 bits per heavy atom. The molecule has 1 aromatic carbocycles. The Bertz CT molecular complexity index is 511. The first kappa shape index (κ1) is 11.4. The zero-order valence-electron chi connectivity index (χ0n) is 9.44. The molecule has 0 saturated carbocycles. The number of benzene rings is 1. The molecule has 0 saturated heterocycles. The first-order valence-corrected chi connectivity index (χ1v) is 5.29. The van der Waals surface area contributed by atoms with Gasteiger partial charge in [0.25, 0.3) is 0 Å². The van der Waals surface area contributed by atoms with E-state index >= 15 is 0 Å². The topological polar surface area (TPSA) is 45.2 Å². The summed E-state index contributed by atoms with van der Waals surface area (Å²) >= 11 is 0. The molecule has 2 rings (SSSR count). The van der Waals surface area contributed by atoms with E-state index in [-0.39, 0.29) is 5.75 Å². The van der Waals surface area contributed by atoms with Crippen LogP contribution >= 0.6 is 0 Å². The first-order chi connectivity index (χ1) is 8.16. The fourth-order valence-corrected chi connectivity index (χ4v) is 1.54. The number of anilines is 1. The lowest BCUT2D eigenvalue weighted by atomic mass is 10.1. The number of hydrogen-bond donors (Lipinski definition) is 2. The minimum atomic E-state index is -0.506. The highest BCUT2D eigenvalue weighted by atomic mass is 19.1. The number of pyridine rings is 1. The molecule has 0 atom stereocenters. The molecule has 0 aliphatic carbocycles. The van der Waals surface area contributed by atoms with Crippen LogP contribution in [0.4, 0.5) is 10.1 Å². The van der Waals surface area contributed by atoms with Gasteiger partial charge in [-0.05, 0) is 24.6 Å². The van der Waals surface area contributed by atoms with Crippen molar-refractivity contribution in [2.75, 3.05) is 5.32 Å². The first-order valence-electron chi connectivity index (χ1n) is 5.29. The molecule has 0 fully saturated rings. The Morgan fingerprint density at radius 1 is 1.29 bits per heavy atom. The number of para-hydroxylation sites is 1. The molecule has 0 radical (unpaired) electrons. The van der Waals surface area contributed by atoms with Gasteiger partial charge < -0.3 is 10.4 Å². The molecule has 3 nitrogen and oxygen atoms in total. The van der Waals surface area contributed by atoms with Crippen LogP contribution in [-0.2, 0) is 6.54 Å². The zero-order valence-corrected chi connectivity index (χ0v) is 9.44. The maximum absolute atomic E-state index is 12.6. The van der Waals surface area contributed by atoms with Gasteiger partial charge in [-0.3, -0.25) is 0 Å². The monoisotopic (exact) mass is 232 g/mol. The van der Waals surface area contributed by atoms with Crippen LogP contribution in [0.2, 0.25) is 0 Å². The summed E-state index contributed by atoms with van der Waals surface area (Å²) in [4.78, 5) is 3.54. The number of aryl methyl sites for hydroxylation is 1. The molecular weight excluding hydrogens is 219 g/mol. The number of phenols is 1. The Morgan fingerprint density at radius 3 is 2.82 bits per heavy atom. The van der Waals surface area contributed by atoms with Gasteiger partial charge >= 0.3 is 0 Å². The van der Waals surface area contributed by atoms with E-state index in [0.717, 1.165) is 11.1 Å². The Hall–Kier alpha value is -2.10. The number of halogens is 1. The highest BCUT2D eigenvalue weighted by Gasteiger charge is 2.03. The van der Waals surface area contributed by atoms with Gasteiger partial charge in [-0.1, -0.05) is 18.2 Å². The van der Waals surface area contributed by atoms with Crippen molar-refractivity contribution in [3.8, 4) is 5.75 Å². The van der Waals surface area contributed by atoms with Crippen LogP contribution in [0.3, 0.4) is 0 Å². The van der Waals surface area contributed by atoms with Gasteiger partial charge in [0.1, 0.15) is 5.75 Å². The molecule has 0 aliphatic heterocycles. The SMILES string of the molecule is Cc1cccc(CNc2ccc(F)nc2)c1O. The fraction of sp³-hybridized carbons (Fsp3) is 0.154. The maximum atomic E-state index is 12.6. The fourth-order valence-electron chi connectivity index (χ4n) is 1.54. The van der Waals surface area contributed by atoms with E-state index in [9.17, 15) is 9.50 Å². The summed E-state index contributed by atoms with van der Waals surface area (Å²) in [6.07, 6.45) is 1.42. The highest BCUT2D eigenvalue weighted by molar-refractivity contribution is 5.45. The second-order valence-electron chi connectivity index (χ2n) is 3.81. The summed E-state index contributed by atoms with van der Waals surface area (Å²) in [5.41, 5.74) is 2.35. The second-order valence-corrected chi connectivity index (χ2v) is 3.81. The lowest BCUT2D eigenvalue weighted by Gasteiger charge is -2.09. The van der Waals surface area contributed by atoms with Crippen molar-refractivity contribution >= 4 is 5.69 Å². The minimum Gasteiger partial charge on any atom is -0.507 e. The summed E-state index contributed by atoms with van der Waals surface area (Å²) in [6, 6.07) is 8.47. The molecule has 17 heavy (non-hydrogen) atoms. The predicted octanol–water partition coefficient (Wildman–Crippen LogP) is 2.85. The van der Waals surface area contributed by atoms with Gasteiger partial charge in [0.2, 0.25) is 5.95 Å². The number of phenolic OH excluding ortho intramolecular Hbond substituents is 1. The molecule has 2 aromatic rings. The van der Waals surface area contributed by atoms with Crippen molar-refractivity contribution in [1.29, 1.82) is 0 Å². The third-order valence-corrected chi connectivity index (χ3v) is 2.53. The highest BCUT2D eigenvalue weighted by Crippen LogP contribution is 2.22. The van der Waals surface area contributed by atoms with E-state index in [1.54, 1.807) is 6.07 Å². The summed E-state index contributed by atoms with van der Waals surface area (Å²) in [5.74, 6) is -0.218. The number of hydrogen-bond acceptors (Lipinski definition) is 3. The van der Waals surface area contributed by atoms with Crippen LogP contribution < -0.4 is 5.32 Å². The standard InChI is InChI=1S/C13H13FN2O/c1-9-3-2-4-10(13(9)17)7-15-11-5-6-12(14)16-8-11/h2-6,8,15,17H,7H2,1H3. The number of nitrogens with one attached hydrogen (secondary N) is 1. The van der Waals surface area contributed by atoms with Gasteiger partial charge in [0.05, 0.1) is 11.9 Å². The zero-order chi connectivity index (χ0) is 12.3. The molecule has 0 bridgehead atoms. The van der Waals surface area contributed by atoms with E-state index in [1.807, 2.05) is 25.1 Å². The number of rotatable bonds is 3. The van der Waals surface area contributed by atoms with Crippen molar-refractivity contribution in [1.82, 2.24) is 4.98 Å². The number of aromatic nitrogens is 1. The minimum absolute atomic E-state index is 0.287. The van der Waals surface area contributed by atoms with E-state index in [2.05, 4.69) is 10.3 Å². The second kappa shape index (κ2) is 4.82. The molecule has 0 amide bonds. The third-order valence-electron chi connectivity index (χ3n) is 2.53. The number of aromatic hydroxyl groups is 1. The van der Waals surface area contributed by atoms with Gasteiger partial charge in [0, 0.05) is 12.1 Å². The maximum Gasteiger partial charge on any atom is 0.212 e. The average molecular weight is 232 g/mol. The van der Waals surface area contributed by atoms with Crippen molar-refractivity contribution in [3.63, 3.8) is 0 Å². The van der Waals surface area contributed by atoms with Gasteiger partial charge in [0.15, 0.2) is 0 Å². The van der Waals surface area contributed by atoms with Crippen LogP contribution in [0.5, 0.6) is 5.75 Å². The van der Waals surface area contributed by atoms with Crippen LogP contribution in [0.1, 0.15) is 11.1 Å². The summed E-state index contributed by atoms with van der Waals surface area (Å²) < 4.78 is 12.6. The number of nitrogens with zero attached hydrogens (tertiary/aromatic N) is 1. The summed E-state index contributed by atoms with van der Waals surface area (Å²) in [7, 11) is 0. The van der Waals surface area contributed by atoms with Gasteiger partial charge in [-0.2, -0.15) is 4.39 Å². The largest absolute Gasteiger partial charge is 0.507 e. The third kappa shape index (κ3) is 2.72. The predicted molar refractivity (Wildman–Crippen MR) is 64.4 cm³/mol. The van der Waals surface area contributed by atoms with Gasteiger partial charge in [-0.15, -0.1) is 0 Å². The molecule has 0 aliphatic rings. The van der Waals surface area contributed by atoms with Crippen LogP contribution in [-0.4, -0.2) is 10.1 Å². The van der Waals surface area contributed by atoms with E-state index < -0.39 is 5.95 Å². The molecule has 0 spiro atoms. The Balaban J connectivity index is 2.07. The molecule has 2 N–H and O–H groups in total.